The number of ether oxygens (including phenoxy) is 2. The topological polar surface area (TPSA) is 59.1 Å². The second-order valence-electron chi connectivity index (χ2n) is 8.56. The third kappa shape index (κ3) is 5.11. The van der Waals surface area contributed by atoms with E-state index in [1.54, 1.807) is 7.11 Å². The van der Waals surface area contributed by atoms with Crippen molar-refractivity contribution < 1.29 is 19.1 Å². The molecule has 0 atom stereocenters. The Morgan fingerprint density at radius 1 is 0.939 bits per heavy atom. The van der Waals surface area contributed by atoms with E-state index in [-0.39, 0.29) is 18.4 Å². The first-order chi connectivity index (χ1) is 16.1. The molecule has 2 aromatic carbocycles. The zero-order valence-corrected chi connectivity index (χ0v) is 19.5. The monoisotopic (exact) mass is 448 g/mol. The maximum Gasteiger partial charge on any atom is 0.277 e. The highest BCUT2D eigenvalue weighted by Gasteiger charge is 2.42. The molecule has 6 nitrogen and oxygen atoms in total. The molecule has 0 unspecified atom stereocenters. The smallest absolute Gasteiger partial charge is 0.277 e. The lowest BCUT2D eigenvalue weighted by atomic mass is 9.89. The number of likely N-dealkylation sites (tertiary alicyclic amines) is 1. The standard InChI is InChI=1S/C27H32N2O4/c1-3-33-23-11-9-22(10-12-23)24-25(27(31)29(26(24)30)17-18-32-2)28-15-13-21(14-16-28)19-20-7-5-4-6-8-20/h4-12,21H,3,13-19H2,1-2H3. The van der Waals surface area contributed by atoms with Crippen LogP contribution in [-0.4, -0.2) is 61.6 Å². The lowest BCUT2D eigenvalue weighted by Crippen LogP contribution is -2.40. The van der Waals surface area contributed by atoms with Gasteiger partial charge in [0.15, 0.2) is 0 Å². The average Bonchev–Trinajstić information content (AvgIpc) is 3.09. The fraction of sp³-hybridized carbons (Fsp3) is 0.407. The van der Waals surface area contributed by atoms with Crippen molar-refractivity contribution in [1.29, 1.82) is 0 Å². The molecule has 1 fully saturated rings. The van der Waals surface area contributed by atoms with Crippen LogP contribution in [0.25, 0.3) is 5.57 Å². The van der Waals surface area contributed by atoms with Crippen LogP contribution in [0.5, 0.6) is 5.75 Å². The summed E-state index contributed by atoms with van der Waals surface area (Å²) >= 11 is 0. The predicted octanol–water partition coefficient (Wildman–Crippen LogP) is 3.77. The van der Waals surface area contributed by atoms with Crippen molar-refractivity contribution in [2.24, 2.45) is 5.92 Å². The molecule has 174 valence electrons. The van der Waals surface area contributed by atoms with Crippen molar-refractivity contribution in [3.05, 3.63) is 71.4 Å². The third-order valence-electron chi connectivity index (χ3n) is 6.41. The average molecular weight is 449 g/mol. The molecule has 2 heterocycles. The van der Waals surface area contributed by atoms with Gasteiger partial charge >= 0.3 is 0 Å². The van der Waals surface area contributed by atoms with Crippen molar-refractivity contribution in [3.63, 3.8) is 0 Å². The lowest BCUT2D eigenvalue weighted by Gasteiger charge is -2.34. The van der Waals surface area contributed by atoms with Gasteiger partial charge in [-0.1, -0.05) is 42.5 Å². The molecule has 2 aromatic rings. The molecule has 4 rings (SSSR count). The second kappa shape index (κ2) is 10.7. The van der Waals surface area contributed by atoms with Gasteiger partial charge in [0.25, 0.3) is 11.8 Å². The molecular formula is C27H32N2O4. The van der Waals surface area contributed by atoms with Gasteiger partial charge < -0.3 is 14.4 Å². The zero-order chi connectivity index (χ0) is 23.2. The molecule has 0 radical (unpaired) electrons. The van der Waals surface area contributed by atoms with Gasteiger partial charge in [-0.25, -0.2) is 0 Å². The first-order valence-electron chi connectivity index (χ1n) is 11.7. The molecule has 0 bridgehead atoms. The molecule has 0 saturated carbocycles. The Balaban J connectivity index is 1.56. The van der Waals surface area contributed by atoms with Gasteiger partial charge in [0.1, 0.15) is 11.4 Å². The van der Waals surface area contributed by atoms with Gasteiger partial charge in [-0.2, -0.15) is 0 Å². The van der Waals surface area contributed by atoms with Crippen LogP contribution >= 0.6 is 0 Å². The number of benzene rings is 2. The van der Waals surface area contributed by atoms with Crippen molar-refractivity contribution >= 4 is 17.4 Å². The molecular weight excluding hydrogens is 416 g/mol. The van der Waals surface area contributed by atoms with E-state index in [2.05, 4.69) is 29.2 Å². The Morgan fingerprint density at radius 2 is 1.64 bits per heavy atom. The first kappa shape index (κ1) is 23.1. The van der Waals surface area contributed by atoms with E-state index in [0.717, 1.165) is 43.7 Å². The van der Waals surface area contributed by atoms with Crippen LogP contribution in [0.4, 0.5) is 0 Å². The maximum absolute atomic E-state index is 13.4. The Hall–Kier alpha value is -3.12. The van der Waals surface area contributed by atoms with E-state index in [9.17, 15) is 9.59 Å². The lowest BCUT2D eigenvalue weighted by molar-refractivity contribution is -0.138. The van der Waals surface area contributed by atoms with Crippen molar-refractivity contribution in [1.82, 2.24) is 9.80 Å². The summed E-state index contributed by atoms with van der Waals surface area (Å²) in [6.07, 6.45) is 3.04. The molecule has 1 saturated heterocycles. The number of nitrogens with zero attached hydrogens (tertiary/aromatic N) is 2. The summed E-state index contributed by atoms with van der Waals surface area (Å²) in [7, 11) is 1.57. The molecule has 0 aromatic heterocycles. The molecule has 2 aliphatic heterocycles. The van der Waals surface area contributed by atoms with E-state index in [1.807, 2.05) is 37.3 Å². The van der Waals surface area contributed by atoms with E-state index in [4.69, 9.17) is 9.47 Å². The first-order valence-corrected chi connectivity index (χ1v) is 11.7. The van der Waals surface area contributed by atoms with Gasteiger partial charge in [0, 0.05) is 20.2 Å². The summed E-state index contributed by atoms with van der Waals surface area (Å²) < 4.78 is 10.7. The largest absolute Gasteiger partial charge is 0.494 e. The van der Waals surface area contributed by atoms with Crippen molar-refractivity contribution in [2.75, 3.05) is 40.0 Å². The van der Waals surface area contributed by atoms with E-state index in [1.165, 1.54) is 10.5 Å². The Kier molecular flexibility index (Phi) is 7.45. The highest BCUT2D eigenvalue weighted by molar-refractivity contribution is 6.35. The van der Waals surface area contributed by atoms with Crippen LogP contribution in [0.15, 0.2) is 60.3 Å². The number of imide groups is 1. The van der Waals surface area contributed by atoms with Crippen LogP contribution in [0.2, 0.25) is 0 Å². The molecule has 6 heteroatoms. The zero-order valence-electron chi connectivity index (χ0n) is 19.5. The number of carbonyl (C=O) groups is 2. The predicted molar refractivity (Wildman–Crippen MR) is 128 cm³/mol. The number of methoxy groups -OCH3 is 1. The van der Waals surface area contributed by atoms with Crippen LogP contribution in [0.3, 0.4) is 0 Å². The van der Waals surface area contributed by atoms with Gasteiger partial charge in [-0.15, -0.1) is 0 Å². The minimum absolute atomic E-state index is 0.220. The molecule has 0 spiro atoms. The number of rotatable bonds is 9. The summed E-state index contributed by atoms with van der Waals surface area (Å²) in [4.78, 5) is 30.1. The van der Waals surface area contributed by atoms with Gasteiger partial charge in [0.2, 0.25) is 0 Å². The van der Waals surface area contributed by atoms with Crippen molar-refractivity contribution in [2.45, 2.75) is 26.2 Å². The Morgan fingerprint density at radius 3 is 2.27 bits per heavy atom. The fourth-order valence-corrected chi connectivity index (χ4v) is 4.70. The van der Waals surface area contributed by atoms with E-state index >= 15 is 0 Å². The number of carbonyl (C=O) groups excluding carboxylic acids is 2. The van der Waals surface area contributed by atoms with Crippen LogP contribution < -0.4 is 4.74 Å². The van der Waals surface area contributed by atoms with Crippen LogP contribution in [0.1, 0.15) is 30.9 Å². The third-order valence-corrected chi connectivity index (χ3v) is 6.41. The molecule has 0 N–H and O–H groups in total. The highest BCUT2D eigenvalue weighted by atomic mass is 16.5. The maximum atomic E-state index is 13.4. The summed E-state index contributed by atoms with van der Waals surface area (Å²) in [5.41, 5.74) is 3.11. The molecule has 0 aliphatic carbocycles. The van der Waals surface area contributed by atoms with E-state index in [0.29, 0.717) is 30.4 Å². The minimum Gasteiger partial charge on any atom is -0.494 e. The second-order valence-corrected chi connectivity index (χ2v) is 8.56. The highest BCUT2D eigenvalue weighted by Crippen LogP contribution is 2.35. The minimum atomic E-state index is -0.248. The summed E-state index contributed by atoms with van der Waals surface area (Å²) in [5, 5.41) is 0. The van der Waals surface area contributed by atoms with Crippen LogP contribution in [0, 0.1) is 5.92 Å². The summed E-state index contributed by atoms with van der Waals surface area (Å²) in [6.45, 7) is 4.62. The number of hydrogen-bond acceptors (Lipinski definition) is 5. The van der Waals surface area contributed by atoms with Crippen LogP contribution in [-0.2, 0) is 20.7 Å². The van der Waals surface area contributed by atoms with Gasteiger partial charge in [-0.05, 0) is 55.4 Å². The summed E-state index contributed by atoms with van der Waals surface area (Å²) in [5.74, 6) is 0.859. The number of hydrogen-bond donors (Lipinski definition) is 0. The van der Waals surface area contributed by atoms with Crippen molar-refractivity contribution in [3.8, 4) is 5.75 Å². The summed E-state index contributed by atoms with van der Waals surface area (Å²) in [6, 6.07) is 18.0. The molecule has 33 heavy (non-hydrogen) atoms. The number of amides is 2. The molecule has 2 amide bonds. The van der Waals surface area contributed by atoms with E-state index < -0.39 is 0 Å². The fourth-order valence-electron chi connectivity index (χ4n) is 4.70. The normalized spacial score (nSPS) is 17.3. The quantitative estimate of drug-likeness (QED) is 0.547. The SMILES string of the molecule is CCOc1ccc(C2=C(N3CCC(Cc4ccccc4)CC3)C(=O)N(CCOC)C2=O)cc1. The van der Waals surface area contributed by atoms with Gasteiger partial charge in [0.05, 0.1) is 25.3 Å². The van der Waals surface area contributed by atoms with Gasteiger partial charge in [-0.3, -0.25) is 14.5 Å². The Bertz CT molecular complexity index is 993. The Labute approximate surface area is 195 Å². The number of piperidine rings is 1. The molecule has 2 aliphatic rings.